The summed E-state index contributed by atoms with van der Waals surface area (Å²) >= 11 is 0. The van der Waals surface area contributed by atoms with Gasteiger partial charge in [0.15, 0.2) is 0 Å². The maximum absolute atomic E-state index is 13.7. The Bertz CT molecular complexity index is 1160. The van der Waals surface area contributed by atoms with Gasteiger partial charge >= 0.3 is 12.1 Å². The number of rotatable bonds is 15. The van der Waals surface area contributed by atoms with Crippen molar-refractivity contribution in [3.05, 3.63) is 35.4 Å². The summed E-state index contributed by atoms with van der Waals surface area (Å²) < 4.78 is 5.41. The normalized spacial score (nSPS) is 18.0. The highest BCUT2D eigenvalue weighted by molar-refractivity contribution is 5.97. The van der Waals surface area contributed by atoms with Gasteiger partial charge in [-0.05, 0) is 70.6 Å². The van der Waals surface area contributed by atoms with E-state index in [1.165, 1.54) is 23.5 Å². The summed E-state index contributed by atoms with van der Waals surface area (Å²) in [6, 6.07) is 4.76. The molecule has 1 aromatic rings. The Morgan fingerprint density at radius 3 is 2.42 bits per heavy atom. The number of hydrogen-bond acceptors (Lipinski definition) is 6. The number of unbranched alkanes of at least 4 members (excludes halogenated alkanes) is 5. The lowest BCUT2D eigenvalue weighted by Gasteiger charge is -2.30. The number of carboxylic acids is 1. The van der Waals surface area contributed by atoms with Crippen LogP contribution in [0, 0.1) is 0 Å². The molecule has 11 heteroatoms. The largest absolute Gasteiger partial charge is 0.478 e. The van der Waals surface area contributed by atoms with Gasteiger partial charge in [-0.25, -0.2) is 9.59 Å². The Morgan fingerprint density at radius 2 is 1.77 bits per heavy atom. The number of carboxylic acid groups (broad SMARTS) is 1. The summed E-state index contributed by atoms with van der Waals surface area (Å²) in [6.07, 6.45) is 8.04. The molecule has 1 aliphatic carbocycles. The average Bonchev–Trinajstić information content (AvgIpc) is 3.55. The first-order valence-electron chi connectivity index (χ1n) is 15.6. The highest BCUT2D eigenvalue weighted by Gasteiger charge is 2.52. The number of carbonyl (C=O) groups is 5. The molecule has 238 valence electrons. The molecule has 1 heterocycles. The minimum absolute atomic E-state index is 0.127. The molecule has 43 heavy (non-hydrogen) atoms. The SMILES string of the molecule is CCCCCCCC[C@H](NC(=O)OC(C)(C)C)C(=O)N1CCC[C@H]1C(=O)NC1(C(=O)NCc2cccc(C(=O)O)c2)CC1. The van der Waals surface area contributed by atoms with Crippen LogP contribution in [-0.4, -0.2) is 69.6 Å². The zero-order valence-electron chi connectivity index (χ0n) is 26.0. The van der Waals surface area contributed by atoms with Crippen LogP contribution in [0.3, 0.4) is 0 Å². The van der Waals surface area contributed by atoms with Crippen molar-refractivity contribution in [2.45, 2.75) is 128 Å². The van der Waals surface area contributed by atoms with Crippen molar-refractivity contribution in [3.8, 4) is 0 Å². The van der Waals surface area contributed by atoms with Gasteiger partial charge in [0.2, 0.25) is 17.7 Å². The molecule has 11 nitrogen and oxygen atoms in total. The summed E-state index contributed by atoms with van der Waals surface area (Å²) in [4.78, 5) is 65.6. The number of likely N-dealkylation sites (tertiary alicyclic amines) is 1. The molecule has 2 atom stereocenters. The minimum atomic E-state index is -1.05. The van der Waals surface area contributed by atoms with Gasteiger partial charge in [0.05, 0.1) is 5.56 Å². The van der Waals surface area contributed by atoms with E-state index in [0.717, 1.165) is 32.1 Å². The van der Waals surface area contributed by atoms with Crippen LogP contribution in [0.1, 0.15) is 114 Å². The highest BCUT2D eigenvalue weighted by atomic mass is 16.6. The van der Waals surface area contributed by atoms with E-state index < -0.39 is 35.3 Å². The van der Waals surface area contributed by atoms with Gasteiger partial charge in [0, 0.05) is 13.1 Å². The van der Waals surface area contributed by atoms with Crippen molar-refractivity contribution in [1.29, 1.82) is 0 Å². The van der Waals surface area contributed by atoms with E-state index in [1.807, 2.05) is 0 Å². The molecule has 0 bridgehead atoms. The molecule has 2 fully saturated rings. The molecule has 4 N–H and O–H groups in total. The van der Waals surface area contributed by atoms with Crippen LogP contribution < -0.4 is 16.0 Å². The molecule has 1 saturated carbocycles. The van der Waals surface area contributed by atoms with Crippen LogP contribution in [0.4, 0.5) is 4.79 Å². The molecule has 0 aromatic heterocycles. The molecular formula is C32H48N4O7. The van der Waals surface area contributed by atoms with E-state index in [9.17, 15) is 29.1 Å². The van der Waals surface area contributed by atoms with Crippen molar-refractivity contribution in [3.63, 3.8) is 0 Å². The van der Waals surface area contributed by atoms with Gasteiger partial charge in [-0.1, -0.05) is 57.6 Å². The molecule has 0 unspecified atom stereocenters. The standard InChI is InChI=1S/C32H48N4O7/c1-5-6-7-8-9-10-15-24(34-30(42)43-31(2,3)4)27(38)36-19-12-16-25(36)26(37)35-32(17-18-32)29(41)33-21-22-13-11-14-23(20-22)28(39)40/h11,13-14,20,24-25H,5-10,12,15-19,21H2,1-4H3,(H,33,41)(H,34,42)(H,35,37)(H,39,40)/t24-,25-/m0/s1. The fourth-order valence-corrected chi connectivity index (χ4v) is 5.36. The van der Waals surface area contributed by atoms with E-state index >= 15 is 0 Å². The minimum Gasteiger partial charge on any atom is -0.478 e. The zero-order valence-corrected chi connectivity index (χ0v) is 26.0. The topological polar surface area (TPSA) is 154 Å². The Balaban J connectivity index is 1.61. The second-order valence-electron chi connectivity index (χ2n) is 12.7. The number of hydrogen-bond donors (Lipinski definition) is 4. The van der Waals surface area contributed by atoms with Gasteiger partial charge < -0.3 is 30.7 Å². The first-order valence-corrected chi connectivity index (χ1v) is 15.6. The Hall–Kier alpha value is -3.63. The summed E-state index contributed by atoms with van der Waals surface area (Å²) in [7, 11) is 0. The maximum Gasteiger partial charge on any atom is 0.408 e. The second kappa shape index (κ2) is 15.2. The van der Waals surface area contributed by atoms with Crippen LogP contribution in [0.25, 0.3) is 0 Å². The molecule has 2 aliphatic rings. The summed E-state index contributed by atoms with van der Waals surface area (Å²) in [6.45, 7) is 7.95. The summed E-state index contributed by atoms with van der Waals surface area (Å²) in [5.41, 5.74) is -1.00. The molecule has 1 saturated heterocycles. The average molecular weight is 601 g/mol. The summed E-state index contributed by atoms with van der Waals surface area (Å²) in [5, 5.41) is 17.7. The Labute approximate surface area is 254 Å². The number of aromatic carboxylic acids is 1. The number of alkyl carbamates (subject to hydrolysis) is 1. The fraction of sp³-hybridized carbons (Fsp3) is 0.656. The number of carbonyl (C=O) groups excluding carboxylic acids is 4. The second-order valence-corrected chi connectivity index (χ2v) is 12.7. The Morgan fingerprint density at radius 1 is 1.07 bits per heavy atom. The molecule has 4 amide bonds. The van der Waals surface area contributed by atoms with E-state index in [-0.39, 0.29) is 29.8 Å². The van der Waals surface area contributed by atoms with E-state index in [2.05, 4.69) is 22.9 Å². The molecule has 1 aliphatic heterocycles. The zero-order chi connectivity index (χ0) is 31.6. The van der Waals surface area contributed by atoms with E-state index in [4.69, 9.17) is 4.74 Å². The third-order valence-electron chi connectivity index (χ3n) is 7.85. The first-order chi connectivity index (χ1) is 20.3. The van der Waals surface area contributed by atoms with Crippen LogP contribution in [0.15, 0.2) is 24.3 Å². The van der Waals surface area contributed by atoms with Crippen LogP contribution in [0.2, 0.25) is 0 Å². The van der Waals surface area contributed by atoms with Gasteiger partial charge in [-0.15, -0.1) is 0 Å². The van der Waals surface area contributed by atoms with Gasteiger partial charge in [0.1, 0.15) is 23.2 Å². The van der Waals surface area contributed by atoms with Crippen LogP contribution >= 0.6 is 0 Å². The van der Waals surface area contributed by atoms with Crippen molar-refractivity contribution >= 4 is 29.8 Å². The molecular weight excluding hydrogens is 552 g/mol. The maximum atomic E-state index is 13.7. The predicted octanol–water partition coefficient (Wildman–Crippen LogP) is 4.28. The van der Waals surface area contributed by atoms with Crippen molar-refractivity contribution in [2.75, 3.05) is 6.54 Å². The van der Waals surface area contributed by atoms with Crippen molar-refractivity contribution in [2.24, 2.45) is 0 Å². The monoisotopic (exact) mass is 600 g/mol. The molecule has 0 radical (unpaired) electrons. The van der Waals surface area contributed by atoms with E-state index in [0.29, 0.717) is 44.2 Å². The number of nitrogens with one attached hydrogen (secondary N) is 3. The number of ether oxygens (including phenoxy) is 1. The van der Waals surface area contributed by atoms with Gasteiger partial charge in [0.25, 0.3) is 0 Å². The predicted molar refractivity (Wildman–Crippen MR) is 161 cm³/mol. The van der Waals surface area contributed by atoms with Gasteiger partial charge in [-0.2, -0.15) is 0 Å². The van der Waals surface area contributed by atoms with Gasteiger partial charge in [-0.3, -0.25) is 14.4 Å². The number of amides is 4. The molecule has 0 spiro atoms. The third kappa shape index (κ3) is 10.2. The van der Waals surface area contributed by atoms with Crippen molar-refractivity contribution in [1.82, 2.24) is 20.9 Å². The number of benzene rings is 1. The van der Waals surface area contributed by atoms with Crippen LogP contribution in [-0.2, 0) is 25.7 Å². The lowest BCUT2D eigenvalue weighted by Crippen LogP contribution is -2.57. The lowest BCUT2D eigenvalue weighted by atomic mass is 10.0. The third-order valence-corrected chi connectivity index (χ3v) is 7.85. The lowest BCUT2D eigenvalue weighted by molar-refractivity contribution is -0.141. The van der Waals surface area contributed by atoms with Crippen molar-refractivity contribution < 1.29 is 33.8 Å². The first kappa shape index (κ1) is 33.9. The van der Waals surface area contributed by atoms with Crippen LogP contribution in [0.5, 0.6) is 0 Å². The smallest absolute Gasteiger partial charge is 0.408 e. The van der Waals surface area contributed by atoms with E-state index in [1.54, 1.807) is 32.9 Å². The quantitative estimate of drug-likeness (QED) is 0.219. The number of nitrogens with zero attached hydrogens (tertiary/aromatic N) is 1. The molecule has 1 aromatic carbocycles. The molecule has 3 rings (SSSR count). The summed E-state index contributed by atoms with van der Waals surface area (Å²) in [5.74, 6) is -2.10. The highest BCUT2D eigenvalue weighted by Crippen LogP contribution is 2.36. The Kier molecular flexibility index (Phi) is 12.0. The fourth-order valence-electron chi connectivity index (χ4n) is 5.36.